The van der Waals surface area contributed by atoms with Crippen molar-refractivity contribution in [3.63, 3.8) is 0 Å². The zero-order valence-electron chi connectivity index (χ0n) is 9.27. The van der Waals surface area contributed by atoms with Crippen LogP contribution >= 0.6 is 27.3 Å². The van der Waals surface area contributed by atoms with Crippen LogP contribution in [0.3, 0.4) is 0 Å². The number of ether oxygens (including phenoxy) is 1. The molecule has 1 aromatic rings. The SMILES string of the molecule is COC(=O)C(Br)CNS(=O)(=O)c1ccc(C)s1. The van der Waals surface area contributed by atoms with Crippen LogP contribution in [0.5, 0.6) is 0 Å². The summed E-state index contributed by atoms with van der Waals surface area (Å²) in [4.78, 5) is 11.3. The lowest BCUT2D eigenvalue weighted by Crippen LogP contribution is -2.33. The number of halogens is 1. The lowest BCUT2D eigenvalue weighted by atomic mass is 10.4. The van der Waals surface area contributed by atoms with E-state index in [1.54, 1.807) is 6.07 Å². The summed E-state index contributed by atoms with van der Waals surface area (Å²) in [7, 11) is -2.30. The van der Waals surface area contributed by atoms with Crippen molar-refractivity contribution in [3.05, 3.63) is 17.0 Å². The molecule has 8 heteroatoms. The summed E-state index contributed by atoms with van der Waals surface area (Å²) in [5.41, 5.74) is 0. The van der Waals surface area contributed by atoms with Gasteiger partial charge in [-0.1, -0.05) is 15.9 Å². The van der Waals surface area contributed by atoms with E-state index in [4.69, 9.17) is 0 Å². The van der Waals surface area contributed by atoms with E-state index in [2.05, 4.69) is 25.4 Å². The highest BCUT2D eigenvalue weighted by atomic mass is 79.9. The summed E-state index contributed by atoms with van der Waals surface area (Å²) in [5.74, 6) is -0.518. The second kappa shape index (κ2) is 5.94. The van der Waals surface area contributed by atoms with Crippen LogP contribution in [-0.2, 0) is 19.6 Å². The van der Waals surface area contributed by atoms with Crippen molar-refractivity contribution >= 4 is 43.3 Å². The Labute approximate surface area is 112 Å². The smallest absolute Gasteiger partial charge is 0.320 e. The molecule has 0 aliphatic rings. The number of hydrogen-bond acceptors (Lipinski definition) is 5. The second-order valence-electron chi connectivity index (χ2n) is 3.21. The van der Waals surface area contributed by atoms with E-state index in [1.165, 1.54) is 24.5 Å². The molecular weight excluding hydrogens is 330 g/mol. The van der Waals surface area contributed by atoms with Crippen LogP contribution in [0.2, 0.25) is 0 Å². The highest BCUT2D eigenvalue weighted by Gasteiger charge is 2.21. The van der Waals surface area contributed by atoms with Gasteiger partial charge in [0.05, 0.1) is 7.11 Å². The van der Waals surface area contributed by atoms with Crippen molar-refractivity contribution in [2.45, 2.75) is 16.0 Å². The minimum atomic E-state index is -3.55. The van der Waals surface area contributed by atoms with Gasteiger partial charge in [-0.25, -0.2) is 13.1 Å². The van der Waals surface area contributed by atoms with Gasteiger partial charge in [-0.2, -0.15) is 0 Å². The minimum absolute atomic E-state index is 0.0496. The first-order valence-electron chi connectivity index (χ1n) is 4.65. The highest BCUT2D eigenvalue weighted by Crippen LogP contribution is 2.20. The van der Waals surface area contributed by atoms with Crippen LogP contribution in [0.4, 0.5) is 0 Å². The van der Waals surface area contributed by atoms with Gasteiger partial charge in [0.1, 0.15) is 9.04 Å². The quantitative estimate of drug-likeness (QED) is 0.646. The van der Waals surface area contributed by atoms with Gasteiger partial charge in [-0.05, 0) is 19.1 Å². The number of thiophene rings is 1. The Morgan fingerprint density at radius 1 is 1.59 bits per heavy atom. The van der Waals surface area contributed by atoms with Gasteiger partial charge in [0, 0.05) is 11.4 Å². The lowest BCUT2D eigenvalue weighted by molar-refractivity contribution is -0.139. The molecule has 17 heavy (non-hydrogen) atoms. The molecule has 5 nitrogen and oxygen atoms in total. The van der Waals surface area contributed by atoms with Crippen molar-refractivity contribution in [2.24, 2.45) is 0 Å². The van der Waals surface area contributed by atoms with E-state index in [1.807, 2.05) is 6.92 Å². The van der Waals surface area contributed by atoms with Crippen LogP contribution < -0.4 is 4.72 Å². The second-order valence-corrected chi connectivity index (χ2v) is 7.59. The fourth-order valence-corrected chi connectivity index (χ4v) is 3.96. The molecule has 96 valence electrons. The molecule has 1 rings (SSSR count). The molecule has 1 N–H and O–H groups in total. The third kappa shape index (κ3) is 4.06. The number of hydrogen-bond donors (Lipinski definition) is 1. The molecule has 0 spiro atoms. The average Bonchev–Trinajstić information content (AvgIpc) is 2.72. The van der Waals surface area contributed by atoms with Gasteiger partial charge < -0.3 is 4.74 Å². The maximum atomic E-state index is 11.8. The van der Waals surface area contributed by atoms with Gasteiger partial charge >= 0.3 is 5.97 Å². The molecule has 1 heterocycles. The van der Waals surface area contributed by atoms with Gasteiger partial charge in [0.25, 0.3) is 0 Å². The molecule has 1 unspecified atom stereocenters. The van der Waals surface area contributed by atoms with Crippen LogP contribution in [0, 0.1) is 6.92 Å². The van der Waals surface area contributed by atoms with Crippen LogP contribution in [0.1, 0.15) is 4.88 Å². The number of methoxy groups -OCH3 is 1. The number of esters is 1. The predicted octanol–water partition coefficient (Wildman–Crippen LogP) is 1.27. The molecule has 1 atom stereocenters. The average molecular weight is 342 g/mol. The number of nitrogens with one attached hydrogen (secondary N) is 1. The summed E-state index contributed by atoms with van der Waals surface area (Å²) in [6.45, 7) is 1.78. The minimum Gasteiger partial charge on any atom is -0.468 e. The third-order valence-corrected chi connectivity index (χ3v) is 5.50. The Bertz CT molecular complexity index is 497. The molecule has 0 saturated carbocycles. The van der Waals surface area contributed by atoms with E-state index < -0.39 is 20.8 Å². The van der Waals surface area contributed by atoms with Gasteiger partial charge in [-0.3, -0.25) is 4.79 Å². The normalized spacial score (nSPS) is 13.4. The zero-order valence-corrected chi connectivity index (χ0v) is 12.5. The molecule has 0 aliphatic carbocycles. The Morgan fingerprint density at radius 2 is 2.24 bits per heavy atom. The van der Waals surface area contributed by atoms with Crippen molar-refractivity contribution in [2.75, 3.05) is 13.7 Å². The van der Waals surface area contributed by atoms with E-state index >= 15 is 0 Å². The monoisotopic (exact) mass is 341 g/mol. The highest BCUT2D eigenvalue weighted by molar-refractivity contribution is 9.10. The molecular formula is C9H12BrNO4S2. The van der Waals surface area contributed by atoms with Crippen LogP contribution in [-0.4, -0.2) is 32.9 Å². The molecule has 0 radical (unpaired) electrons. The standard InChI is InChI=1S/C9H12BrNO4S2/c1-6-3-4-8(16-6)17(13,14)11-5-7(10)9(12)15-2/h3-4,7,11H,5H2,1-2H3. The fourth-order valence-electron chi connectivity index (χ4n) is 1.02. The Balaban J connectivity index is 2.66. The van der Waals surface area contributed by atoms with Gasteiger partial charge in [0.15, 0.2) is 0 Å². The first-order valence-corrected chi connectivity index (χ1v) is 7.86. The topological polar surface area (TPSA) is 72.5 Å². The van der Waals surface area contributed by atoms with E-state index in [0.717, 1.165) is 4.88 Å². The largest absolute Gasteiger partial charge is 0.468 e. The zero-order chi connectivity index (χ0) is 13.1. The number of alkyl halides is 1. The van der Waals surface area contributed by atoms with Gasteiger partial charge in [0.2, 0.25) is 10.0 Å². The number of sulfonamides is 1. The molecule has 0 aromatic carbocycles. The first-order chi connectivity index (χ1) is 7.86. The van der Waals surface area contributed by atoms with Crippen LogP contribution in [0.25, 0.3) is 0 Å². The molecule has 0 saturated heterocycles. The maximum absolute atomic E-state index is 11.8. The number of carbonyl (C=O) groups is 1. The summed E-state index contributed by atoms with van der Waals surface area (Å²) >= 11 is 4.21. The summed E-state index contributed by atoms with van der Waals surface area (Å²) < 4.78 is 30.6. The number of carbonyl (C=O) groups excluding carboxylic acids is 1. The van der Waals surface area contributed by atoms with Crippen LogP contribution in [0.15, 0.2) is 16.3 Å². The molecule has 0 amide bonds. The molecule has 0 fully saturated rings. The first kappa shape index (κ1) is 14.6. The number of aryl methyl sites for hydroxylation is 1. The lowest BCUT2D eigenvalue weighted by Gasteiger charge is -2.08. The third-order valence-electron chi connectivity index (χ3n) is 1.89. The Morgan fingerprint density at radius 3 is 2.71 bits per heavy atom. The van der Waals surface area contributed by atoms with Crippen molar-refractivity contribution < 1.29 is 17.9 Å². The van der Waals surface area contributed by atoms with E-state index in [0.29, 0.717) is 0 Å². The predicted molar refractivity (Wildman–Crippen MR) is 69.0 cm³/mol. The fraction of sp³-hybridized carbons (Fsp3) is 0.444. The molecule has 0 aliphatic heterocycles. The molecule has 0 bridgehead atoms. The molecule has 1 aromatic heterocycles. The van der Waals surface area contributed by atoms with Crippen molar-refractivity contribution in [1.29, 1.82) is 0 Å². The maximum Gasteiger partial charge on any atom is 0.320 e. The van der Waals surface area contributed by atoms with Gasteiger partial charge in [-0.15, -0.1) is 11.3 Å². The van der Waals surface area contributed by atoms with E-state index in [-0.39, 0.29) is 10.8 Å². The Kier molecular flexibility index (Phi) is 5.11. The van der Waals surface area contributed by atoms with Crippen molar-refractivity contribution in [3.8, 4) is 0 Å². The number of rotatable bonds is 5. The Hall–Kier alpha value is -0.440. The van der Waals surface area contributed by atoms with E-state index in [9.17, 15) is 13.2 Å². The van der Waals surface area contributed by atoms with Crippen molar-refractivity contribution in [1.82, 2.24) is 4.72 Å². The summed E-state index contributed by atoms with van der Waals surface area (Å²) in [6, 6.07) is 3.26. The summed E-state index contributed by atoms with van der Waals surface area (Å²) in [6.07, 6.45) is 0. The summed E-state index contributed by atoms with van der Waals surface area (Å²) in [5, 5.41) is 0.